The van der Waals surface area contributed by atoms with Crippen LogP contribution in [0.25, 0.3) is 5.52 Å². The third kappa shape index (κ3) is 4.27. The van der Waals surface area contributed by atoms with Crippen LogP contribution in [-0.4, -0.2) is 59.0 Å². The average Bonchev–Trinajstić information content (AvgIpc) is 3.02. The third-order valence-electron chi connectivity index (χ3n) is 5.34. The predicted molar refractivity (Wildman–Crippen MR) is 97.8 cm³/mol. The zero-order valence-corrected chi connectivity index (χ0v) is 15.6. The van der Waals surface area contributed by atoms with Crippen LogP contribution in [-0.2, 0) is 6.42 Å². The second-order valence-corrected chi connectivity index (χ2v) is 7.09. The molecule has 2 N–H and O–H groups in total. The van der Waals surface area contributed by atoms with Crippen LogP contribution in [0.4, 0.5) is 13.2 Å². The van der Waals surface area contributed by atoms with E-state index in [2.05, 4.69) is 16.2 Å². The van der Waals surface area contributed by atoms with Crippen LogP contribution in [0, 0.1) is 0 Å². The number of carbonyl (C=O) groups is 1. The summed E-state index contributed by atoms with van der Waals surface area (Å²) in [5, 5.41) is 0. The van der Waals surface area contributed by atoms with Crippen molar-refractivity contribution >= 4 is 11.4 Å². The highest BCUT2D eigenvalue weighted by Crippen LogP contribution is 2.27. The molecule has 0 bridgehead atoms. The summed E-state index contributed by atoms with van der Waals surface area (Å²) in [6, 6.07) is 5.58. The summed E-state index contributed by atoms with van der Waals surface area (Å²) in [6.45, 7) is 5.03. The quantitative estimate of drug-likeness (QED) is 0.865. The number of hydrogen-bond acceptors (Lipinski definition) is 3. The maximum Gasteiger partial charge on any atom is 0.401 e. The number of piperazine rings is 1. The average molecular weight is 382 g/mol. The van der Waals surface area contributed by atoms with Crippen molar-refractivity contribution in [2.75, 3.05) is 32.7 Å². The van der Waals surface area contributed by atoms with Crippen molar-refractivity contribution in [1.82, 2.24) is 14.2 Å². The predicted octanol–water partition coefficient (Wildman–Crippen LogP) is 2.84. The molecule has 1 aliphatic heterocycles. The summed E-state index contributed by atoms with van der Waals surface area (Å²) in [7, 11) is 0. The number of alkyl halides is 3. The van der Waals surface area contributed by atoms with Gasteiger partial charge in [0.2, 0.25) is 5.91 Å². The molecule has 148 valence electrons. The van der Waals surface area contributed by atoms with Crippen LogP contribution in [0.3, 0.4) is 0 Å². The molecular formula is C19H25F3N4O. The first-order valence-corrected chi connectivity index (χ1v) is 9.16. The van der Waals surface area contributed by atoms with Crippen molar-refractivity contribution in [1.29, 1.82) is 0 Å². The van der Waals surface area contributed by atoms with Crippen molar-refractivity contribution in [2.24, 2.45) is 5.73 Å². The summed E-state index contributed by atoms with van der Waals surface area (Å²) >= 11 is 0. The largest absolute Gasteiger partial charge is 0.401 e. The van der Waals surface area contributed by atoms with E-state index in [0.717, 1.165) is 23.2 Å². The minimum absolute atomic E-state index is 0.0445. The van der Waals surface area contributed by atoms with Crippen molar-refractivity contribution in [3.05, 3.63) is 41.2 Å². The standard InChI is InChI=1S/C19H25F3N4O/c1-3-14-4-5-26-16(10-15(18(23)27)11-17(14)26)13(2)25-8-6-24(7-9-25)12-19(20,21)22/h4-5,10-11,13H,3,6-9,12H2,1-2H3,(H2,23,27). The van der Waals surface area contributed by atoms with E-state index in [9.17, 15) is 18.0 Å². The number of pyridine rings is 1. The van der Waals surface area contributed by atoms with Gasteiger partial charge >= 0.3 is 6.18 Å². The van der Waals surface area contributed by atoms with Gasteiger partial charge in [-0.05, 0) is 37.1 Å². The Morgan fingerprint density at radius 3 is 2.44 bits per heavy atom. The number of fused-ring (bicyclic) bond motifs is 1. The van der Waals surface area contributed by atoms with Gasteiger partial charge in [-0.25, -0.2) is 0 Å². The minimum Gasteiger partial charge on any atom is -0.366 e. The van der Waals surface area contributed by atoms with Crippen molar-refractivity contribution in [3.8, 4) is 0 Å². The van der Waals surface area contributed by atoms with Gasteiger partial charge in [0.15, 0.2) is 0 Å². The molecule has 3 heterocycles. The molecule has 5 nitrogen and oxygen atoms in total. The summed E-state index contributed by atoms with van der Waals surface area (Å²) in [4.78, 5) is 15.4. The van der Waals surface area contributed by atoms with Gasteiger partial charge < -0.3 is 10.1 Å². The SMILES string of the molecule is CCc1ccn2c(C(C)N3CCN(CC(F)(F)F)CC3)cc(C(N)=O)cc12. The second-order valence-electron chi connectivity index (χ2n) is 7.09. The molecule has 1 aliphatic rings. The highest BCUT2D eigenvalue weighted by molar-refractivity contribution is 5.94. The third-order valence-corrected chi connectivity index (χ3v) is 5.34. The number of primary amides is 1. The second kappa shape index (κ2) is 7.52. The zero-order valence-electron chi connectivity index (χ0n) is 15.6. The molecule has 1 saturated heterocycles. The topological polar surface area (TPSA) is 54.0 Å². The van der Waals surface area contributed by atoms with Crippen LogP contribution in [0.5, 0.6) is 0 Å². The fourth-order valence-corrected chi connectivity index (χ4v) is 3.80. The number of aryl methyl sites for hydroxylation is 1. The molecule has 0 spiro atoms. The van der Waals surface area contributed by atoms with Crippen molar-refractivity contribution < 1.29 is 18.0 Å². The van der Waals surface area contributed by atoms with Gasteiger partial charge in [0.05, 0.1) is 6.54 Å². The molecule has 1 unspecified atom stereocenters. The Hall–Kier alpha value is -2.06. The van der Waals surface area contributed by atoms with E-state index in [1.54, 1.807) is 12.1 Å². The van der Waals surface area contributed by atoms with E-state index in [0.29, 0.717) is 31.7 Å². The van der Waals surface area contributed by atoms with Crippen molar-refractivity contribution in [2.45, 2.75) is 32.5 Å². The molecule has 2 aromatic heterocycles. The lowest BCUT2D eigenvalue weighted by Gasteiger charge is -2.38. The molecule has 0 saturated carbocycles. The maximum absolute atomic E-state index is 12.6. The number of halogens is 3. The monoisotopic (exact) mass is 382 g/mol. The fourth-order valence-electron chi connectivity index (χ4n) is 3.80. The van der Waals surface area contributed by atoms with Crippen LogP contribution in [0.1, 0.15) is 41.5 Å². The smallest absolute Gasteiger partial charge is 0.366 e. The lowest BCUT2D eigenvalue weighted by molar-refractivity contribution is -0.149. The zero-order chi connectivity index (χ0) is 19.8. The number of nitrogens with zero attached hydrogens (tertiary/aromatic N) is 3. The van der Waals surface area contributed by atoms with Crippen LogP contribution in [0.15, 0.2) is 24.4 Å². The van der Waals surface area contributed by atoms with Crippen LogP contribution in [0.2, 0.25) is 0 Å². The highest BCUT2D eigenvalue weighted by atomic mass is 19.4. The molecule has 0 aromatic carbocycles. The molecule has 1 atom stereocenters. The van der Waals surface area contributed by atoms with Crippen LogP contribution < -0.4 is 5.73 Å². The van der Waals surface area contributed by atoms with E-state index in [-0.39, 0.29) is 6.04 Å². The van der Waals surface area contributed by atoms with E-state index < -0.39 is 18.6 Å². The lowest BCUT2D eigenvalue weighted by atomic mass is 10.1. The number of aromatic nitrogens is 1. The molecule has 0 radical (unpaired) electrons. The number of rotatable bonds is 5. The number of amides is 1. The Bertz CT molecular complexity index is 822. The minimum atomic E-state index is -4.17. The summed E-state index contributed by atoms with van der Waals surface area (Å²) in [6.07, 6.45) is -1.36. The van der Waals surface area contributed by atoms with Gasteiger partial charge in [-0.3, -0.25) is 14.6 Å². The fraction of sp³-hybridized carbons (Fsp3) is 0.526. The first kappa shape index (κ1) is 19.7. The highest BCUT2D eigenvalue weighted by Gasteiger charge is 2.33. The molecule has 1 amide bonds. The number of hydrogen-bond donors (Lipinski definition) is 1. The van der Waals surface area contributed by atoms with E-state index >= 15 is 0 Å². The number of nitrogens with two attached hydrogens (primary N) is 1. The Balaban J connectivity index is 1.84. The van der Waals surface area contributed by atoms with Gasteiger partial charge in [0, 0.05) is 55.2 Å². The van der Waals surface area contributed by atoms with Gasteiger partial charge in [-0.1, -0.05) is 6.92 Å². The van der Waals surface area contributed by atoms with Gasteiger partial charge in [0.25, 0.3) is 0 Å². The normalized spacial score (nSPS) is 18.1. The molecule has 3 rings (SSSR count). The van der Waals surface area contributed by atoms with E-state index in [1.165, 1.54) is 4.90 Å². The first-order chi connectivity index (χ1) is 12.7. The Morgan fingerprint density at radius 2 is 1.89 bits per heavy atom. The Labute approximate surface area is 156 Å². The van der Waals surface area contributed by atoms with E-state index in [4.69, 9.17) is 5.73 Å². The molecule has 1 fully saturated rings. The van der Waals surface area contributed by atoms with Gasteiger partial charge in [0.1, 0.15) is 0 Å². The molecule has 0 aliphatic carbocycles. The molecule has 8 heteroatoms. The molecular weight excluding hydrogens is 357 g/mol. The van der Waals surface area contributed by atoms with E-state index in [1.807, 2.05) is 19.2 Å². The Kier molecular flexibility index (Phi) is 5.48. The van der Waals surface area contributed by atoms with Gasteiger partial charge in [-0.15, -0.1) is 0 Å². The van der Waals surface area contributed by atoms with Crippen molar-refractivity contribution in [3.63, 3.8) is 0 Å². The maximum atomic E-state index is 12.6. The van der Waals surface area contributed by atoms with Crippen LogP contribution >= 0.6 is 0 Å². The summed E-state index contributed by atoms with van der Waals surface area (Å²) < 4.78 is 39.8. The summed E-state index contributed by atoms with van der Waals surface area (Å²) in [5.74, 6) is -0.482. The lowest BCUT2D eigenvalue weighted by Crippen LogP contribution is -2.49. The van der Waals surface area contributed by atoms with Gasteiger partial charge in [-0.2, -0.15) is 13.2 Å². The summed E-state index contributed by atoms with van der Waals surface area (Å²) in [5.41, 5.74) is 8.97. The number of carbonyl (C=O) groups excluding carboxylic acids is 1. The molecule has 27 heavy (non-hydrogen) atoms. The Morgan fingerprint density at radius 1 is 1.22 bits per heavy atom. The first-order valence-electron chi connectivity index (χ1n) is 9.16. The molecule has 2 aromatic rings.